The number of nitrogens with two attached hydrogens (primary N) is 1. The first-order valence-corrected chi connectivity index (χ1v) is 9.63. The molecule has 0 aliphatic heterocycles. The van der Waals surface area contributed by atoms with E-state index in [1.54, 1.807) is 24.9 Å². The van der Waals surface area contributed by atoms with Crippen LogP contribution in [0.15, 0.2) is 59.5 Å². The fraction of sp³-hybridized carbons (Fsp3) is 0.227. The monoisotopic (exact) mass is 404 g/mol. The molecule has 4 aromatic rings. The fourth-order valence-electron chi connectivity index (χ4n) is 3.41. The van der Waals surface area contributed by atoms with Crippen molar-refractivity contribution >= 4 is 22.8 Å². The second-order valence-corrected chi connectivity index (χ2v) is 7.21. The smallest absolute Gasteiger partial charge is 0.331 e. The normalized spacial score (nSPS) is 12.1. The molecular weight excluding hydrogens is 380 g/mol. The SMILES string of the molecule is COc1ccc(Cn2c(=O)n(C)c3nc(N[C@@H](C)c4cccc(N)c4)cnc32)cc1. The molecule has 154 valence electrons. The van der Waals surface area contributed by atoms with Gasteiger partial charge in [-0.2, -0.15) is 0 Å². The van der Waals surface area contributed by atoms with Gasteiger partial charge in [0.05, 0.1) is 25.9 Å². The molecule has 0 saturated carbocycles. The summed E-state index contributed by atoms with van der Waals surface area (Å²) in [6.45, 7) is 2.43. The Kier molecular flexibility index (Phi) is 5.14. The van der Waals surface area contributed by atoms with E-state index in [1.807, 2.05) is 55.5 Å². The number of ether oxygens (including phenoxy) is 1. The number of nitrogens with zero attached hydrogens (tertiary/aromatic N) is 4. The largest absolute Gasteiger partial charge is 0.497 e. The third-order valence-corrected chi connectivity index (χ3v) is 5.10. The van der Waals surface area contributed by atoms with E-state index in [0.717, 1.165) is 16.9 Å². The summed E-state index contributed by atoms with van der Waals surface area (Å²) in [4.78, 5) is 22.0. The van der Waals surface area contributed by atoms with E-state index in [1.165, 1.54) is 4.57 Å². The first-order valence-electron chi connectivity index (χ1n) is 9.63. The predicted molar refractivity (Wildman–Crippen MR) is 118 cm³/mol. The third-order valence-electron chi connectivity index (χ3n) is 5.10. The Morgan fingerprint density at radius 2 is 1.93 bits per heavy atom. The Morgan fingerprint density at radius 1 is 1.17 bits per heavy atom. The van der Waals surface area contributed by atoms with E-state index in [4.69, 9.17) is 10.5 Å². The van der Waals surface area contributed by atoms with Crippen LogP contribution in [0.3, 0.4) is 0 Å². The van der Waals surface area contributed by atoms with Crippen molar-refractivity contribution in [2.75, 3.05) is 18.2 Å². The number of nitrogen functional groups attached to an aromatic ring is 1. The van der Waals surface area contributed by atoms with E-state index in [2.05, 4.69) is 15.3 Å². The number of hydrogen-bond donors (Lipinski definition) is 2. The Bertz CT molecular complexity index is 1240. The van der Waals surface area contributed by atoms with Crippen molar-refractivity contribution < 1.29 is 4.74 Å². The average Bonchev–Trinajstić information content (AvgIpc) is 2.99. The molecule has 0 radical (unpaired) electrons. The summed E-state index contributed by atoms with van der Waals surface area (Å²) in [5.74, 6) is 1.36. The van der Waals surface area contributed by atoms with Crippen molar-refractivity contribution in [1.82, 2.24) is 19.1 Å². The molecule has 0 bridgehead atoms. The van der Waals surface area contributed by atoms with Crippen LogP contribution in [0.25, 0.3) is 11.3 Å². The third kappa shape index (κ3) is 3.71. The number of aromatic nitrogens is 4. The molecule has 3 N–H and O–H groups in total. The quantitative estimate of drug-likeness (QED) is 0.479. The maximum Gasteiger partial charge on any atom is 0.331 e. The lowest BCUT2D eigenvalue weighted by molar-refractivity contribution is 0.414. The van der Waals surface area contributed by atoms with Crippen molar-refractivity contribution in [3.63, 3.8) is 0 Å². The van der Waals surface area contributed by atoms with Crippen molar-refractivity contribution in [3.05, 3.63) is 76.3 Å². The molecule has 0 aliphatic carbocycles. The lowest BCUT2D eigenvalue weighted by atomic mass is 10.1. The van der Waals surface area contributed by atoms with Crippen molar-refractivity contribution in [2.45, 2.75) is 19.5 Å². The van der Waals surface area contributed by atoms with E-state index in [-0.39, 0.29) is 11.7 Å². The van der Waals surface area contributed by atoms with Gasteiger partial charge < -0.3 is 15.8 Å². The summed E-state index contributed by atoms with van der Waals surface area (Å²) in [6.07, 6.45) is 1.65. The van der Waals surface area contributed by atoms with E-state index in [9.17, 15) is 4.79 Å². The van der Waals surface area contributed by atoms with Crippen LogP contribution in [-0.2, 0) is 13.6 Å². The van der Waals surface area contributed by atoms with Crippen LogP contribution in [0.5, 0.6) is 5.75 Å². The van der Waals surface area contributed by atoms with Crippen molar-refractivity contribution in [3.8, 4) is 5.75 Å². The fourth-order valence-corrected chi connectivity index (χ4v) is 3.41. The van der Waals surface area contributed by atoms with Gasteiger partial charge in [0, 0.05) is 12.7 Å². The van der Waals surface area contributed by atoms with Crippen LogP contribution in [-0.4, -0.2) is 26.2 Å². The maximum absolute atomic E-state index is 12.8. The highest BCUT2D eigenvalue weighted by Crippen LogP contribution is 2.21. The van der Waals surface area contributed by atoms with Crippen LogP contribution in [0.1, 0.15) is 24.1 Å². The molecule has 2 heterocycles. The van der Waals surface area contributed by atoms with Crippen molar-refractivity contribution in [1.29, 1.82) is 0 Å². The Labute approximate surface area is 174 Å². The summed E-state index contributed by atoms with van der Waals surface area (Å²) in [7, 11) is 3.33. The van der Waals surface area contributed by atoms with Gasteiger partial charge in [0.15, 0.2) is 11.3 Å². The molecule has 0 aliphatic rings. The van der Waals surface area contributed by atoms with Gasteiger partial charge in [-0.05, 0) is 42.3 Å². The second kappa shape index (κ2) is 7.90. The Morgan fingerprint density at radius 3 is 2.63 bits per heavy atom. The van der Waals surface area contributed by atoms with Crippen LogP contribution >= 0.6 is 0 Å². The van der Waals surface area contributed by atoms with E-state index in [0.29, 0.717) is 29.3 Å². The highest BCUT2D eigenvalue weighted by molar-refractivity contribution is 5.68. The number of methoxy groups -OCH3 is 1. The minimum Gasteiger partial charge on any atom is -0.497 e. The number of benzene rings is 2. The van der Waals surface area contributed by atoms with Crippen LogP contribution < -0.4 is 21.5 Å². The van der Waals surface area contributed by atoms with Gasteiger partial charge in [0.2, 0.25) is 0 Å². The first kappa shape index (κ1) is 19.5. The first-order chi connectivity index (χ1) is 14.5. The van der Waals surface area contributed by atoms with Gasteiger partial charge in [-0.25, -0.2) is 14.8 Å². The van der Waals surface area contributed by atoms with Crippen LogP contribution in [0.4, 0.5) is 11.5 Å². The molecule has 2 aromatic heterocycles. The van der Waals surface area contributed by atoms with E-state index < -0.39 is 0 Å². The average molecular weight is 404 g/mol. The summed E-state index contributed by atoms with van der Waals surface area (Å²) in [5.41, 5.74) is 9.51. The van der Waals surface area contributed by atoms with Gasteiger partial charge >= 0.3 is 5.69 Å². The predicted octanol–water partition coefficient (Wildman–Crippen LogP) is 2.94. The zero-order valence-corrected chi connectivity index (χ0v) is 17.2. The van der Waals surface area contributed by atoms with Gasteiger partial charge in [0.1, 0.15) is 11.6 Å². The van der Waals surface area contributed by atoms with Gasteiger partial charge in [0.25, 0.3) is 0 Å². The Balaban J connectivity index is 1.63. The zero-order chi connectivity index (χ0) is 21.3. The number of rotatable bonds is 6. The molecule has 0 unspecified atom stereocenters. The topological polar surface area (TPSA) is 100.0 Å². The lowest BCUT2D eigenvalue weighted by Crippen LogP contribution is -2.22. The van der Waals surface area contributed by atoms with Gasteiger partial charge in [-0.3, -0.25) is 9.13 Å². The van der Waals surface area contributed by atoms with E-state index >= 15 is 0 Å². The van der Waals surface area contributed by atoms with Crippen LogP contribution in [0.2, 0.25) is 0 Å². The molecule has 0 spiro atoms. The molecular formula is C22H24N6O2. The number of hydrogen-bond acceptors (Lipinski definition) is 6. The lowest BCUT2D eigenvalue weighted by Gasteiger charge is -2.15. The van der Waals surface area contributed by atoms with Gasteiger partial charge in [-0.1, -0.05) is 24.3 Å². The standard InChI is InChI=1S/C22H24N6O2/c1-14(16-5-4-6-17(23)11-16)25-19-12-24-20-21(26-19)27(2)22(29)28(20)13-15-7-9-18(30-3)10-8-15/h4-12,14H,13,23H2,1-3H3,(H,25,26)/t14-/m0/s1. The molecule has 2 aromatic carbocycles. The minimum absolute atomic E-state index is 0.0151. The molecule has 8 heteroatoms. The molecule has 30 heavy (non-hydrogen) atoms. The molecule has 0 fully saturated rings. The number of fused-ring (bicyclic) bond motifs is 1. The summed E-state index contributed by atoms with van der Waals surface area (Å²) >= 11 is 0. The summed E-state index contributed by atoms with van der Waals surface area (Å²) in [5, 5.41) is 3.33. The minimum atomic E-state index is -0.165. The Hall–Kier alpha value is -3.81. The zero-order valence-electron chi connectivity index (χ0n) is 17.2. The molecule has 8 nitrogen and oxygen atoms in total. The number of aryl methyl sites for hydroxylation is 1. The van der Waals surface area contributed by atoms with Gasteiger partial charge in [-0.15, -0.1) is 0 Å². The van der Waals surface area contributed by atoms with Crippen molar-refractivity contribution in [2.24, 2.45) is 7.05 Å². The highest BCUT2D eigenvalue weighted by atomic mass is 16.5. The number of anilines is 2. The summed E-state index contributed by atoms with van der Waals surface area (Å²) in [6, 6.07) is 15.3. The second-order valence-electron chi connectivity index (χ2n) is 7.21. The molecule has 0 amide bonds. The highest BCUT2D eigenvalue weighted by Gasteiger charge is 2.15. The number of imidazole rings is 1. The molecule has 4 rings (SSSR count). The summed E-state index contributed by atoms with van der Waals surface area (Å²) < 4.78 is 8.33. The molecule has 0 saturated heterocycles. The number of nitrogens with one attached hydrogen (secondary N) is 1. The molecule has 1 atom stereocenters. The maximum atomic E-state index is 12.8. The van der Waals surface area contributed by atoms with Crippen LogP contribution in [0, 0.1) is 0 Å².